The normalized spacial score (nSPS) is 19.7. The van der Waals surface area contributed by atoms with E-state index in [1.807, 2.05) is 31.2 Å². The standard InChI is InChI=1S/C26H30N4O5/c1-14-23(26(33)29-20-11-30(15(2)31)12-21(20)32)25-24(28-14)18(8-9-27-25)19-10-17(34-3)6-7-22(19)35-13-16-4-5-16/h6-10,16,20-21,28,32H,4-5,11-13H2,1-3H3,(H,29,33). The number of hydrogen-bond donors (Lipinski definition) is 3. The van der Waals surface area contributed by atoms with E-state index in [0.29, 0.717) is 35.0 Å². The molecule has 3 aromatic rings. The number of aromatic amines is 1. The molecule has 5 rings (SSSR count). The predicted octanol–water partition coefficient (Wildman–Crippen LogP) is 2.66. The van der Waals surface area contributed by atoms with Gasteiger partial charge in [-0.05, 0) is 49.9 Å². The minimum Gasteiger partial charge on any atom is -0.497 e. The molecule has 184 valence electrons. The fourth-order valence-corrected chi connectivity index (χ4v) is 4.60. The number of aliphatic hydroxyl groups is 1. The quantitative estimate of drug-likeness (QED) is 0.481. The van der Waals surface area contributed by atoms with Crippen molar-refractivity contribution in [2.24, 2.45) is 5.92 Å². The molecule has 2 amide bonds. The van der Waals surface area contributed by atoms with Crippen LogP contribution >= 0.6 is 0 Å². The average Bonchev–Trinajstić information content (AvgIpc) is 3.51. The highest BCUT2D eigenvalue weighted by Gasteiger charge is 2.34. The first-order valence-electron chi connectivity index (χ1n) is 11.9. The number of benzene rings is 1. The van der Waals surface area contributed by atoms with Gasteiger partial charge in [0.05, 0.1) is 36.9 Å². The molecule has 3 N–H and O–H groups in total. The summed E-state index contributed by atoms with van der Waals surface area (Å²) >= 11 is 0. The second kappa shape index (κ2) is 9.22. The summed E-state index contributed by atoms with van der Waals surface area (Å²) in [4.78, 5) is 34.3. The largest absolute Gasteiger partial charge is 0.497 e. The Hall–Kier alpha value is -3.59. The van der Waals surface area contributed by atoms with Gasteiger partial charge in [-0.1, -0.05) is 0 Å². The van der Waals surface area contributed by atoms with Crippen LogP contribution in [0.5, 0.6) is 11.5 Å². The lowest BCUT2D eigenvalue weighted by Crippen LogP contribution is -2.43. The van der Waals surface area contributed by atoms with Gasteiger partial charge in [-0.2, -0.15) is 0 Å². The van der Waals surface area contributed by atoms with Crippen LogP contribution in [0.15, 0.2) is 30.5 Å². The number of rotatable bonds is 7. The molecule has 2 atom stereocenters. The van der Waals surface area contributed by atoms with E-state index in [0.717, 1.165) is 22.4 Å². The molecular formula is C26H30N4O5. The van der Waals surface area contributed by atoms with E-state index in [9.17, 15) is 14.7 Å². The molecule has 1 aromatic carbocycles. The third-order valence-corrected chi connectivity index (χ3v) is 6.80. The molecule has 2 aliphatic rings. The Morgan fingerprint density at radius 3 is 2.71 bits per heavy atom. The van der Waals surface area contributed by atoms with Crippen LogP contribution in [0, 0.1) is 12.8 Å². The van der Waals surface area contributed by atoms with Crippen LogP contribution < -0.4 is 14.8 Å². The van der Waals surface area contributed by atoms with Crippen molar-refractivity contribution in [2.45, 2.75) is 38.8 Å². The fraction of sp³-hybridized carbons (Fsp3) is 0.423. The lowest BCUT2D eigenvalue weighted by Gasteiger charge is -2.16. The Labute approximate surface area is 203 Å². The molecule has 1 saturated heterocycles. The van der Waals surface area contributed by atoms with Crippen molar-refractivity contribution in [3.63, 3.8) is 0 Å². The third-order valence-electron chi connectivity index (χ3n) is 6.80. The number of aliphatic hydroxyl groups excluding tert-OH is 1. The number of likely N-dealkylation sites (tertiary alicyclic amines) is 1. The van der Waals surface area contributed by atoms with Crippen LogP contribution in [0.1, 0.15) is 35.8 Å². The number of amides is 2. The highest BCUT2D eigenvalue weighted by Crippen LogP contribution is 2.39. The van der Waals surface area contributed by atoms with Crippen molar-refractivity contribution in [3.8, 4) is 22.6 Å². The van der Waals surface area contributed by atoms with Gasteiger partial charge in [0.1, 0.15) is 17.0 Å². The van der Waals surface area contributed by atoms with Crippen molar-refractivity contribution in [3.05, 3.63) is 41.7 Å². The number of carbonyl (C=O) groups excluding carboxylic acids is 2. The molecule has 0 radical (unpaired) electrons. The number of aryl methyl sites for hydroxylation is 1. The van der Waals surface area contributed by atoms with Crippen LogP contribution in [0.2, 0.25) is 0 Å². The number of aromatic nitrogens is 2. The molecule has 2 unspecified atom stereocenters. The van der Waals surface area contributed by atoms with Crippen LogP contribution in [-0.4, -0.2) is 70.7 Å². The molecule has 1 aliphatic heterocycles. The van der Waals surface area contributed by atoms with Gasteiger partial charge in [0.15, 0.2) is 0 Å². The zero-order valence-electron chi connectivity index (χ0n) is 20.1. The van der Waals surface area contributed by atoms with Gasteiger partial charge in [0.2, 0.25) is 5.91 Å². The number of ether oxygens (including phenoxy) is 2. The van der Waals surface area contributed by atoms with E-state index < -0.39 is 12.1 Å². The molecule has 2 fully saturated rings. The number of hydrogen-bond acceptors (Lipinski definition) is 6. The lowest BCUT2D eigenvalue weighted by molar-refractivity contribution is -0.128. The van der Waals surface area contributed by atoms with Crippen LogP contribution in [0.25, 0.3) is 22.2 Å². The van der Waals surface area contributed by atoms with E-state index >= 15 is 0 Å². The Morgan fingerprint density at radius 1 is 1.23 bits per heavy atom. The van der Waals surface area contributed by atoms with Gasteiger partial charge < -0.3 is 29.8 Å². The number of β-amino-alcohol motifs (C(OH)–C–C–N with tert-alkyl or cyclic N) is 1. The van der Waals surface area contributed by atoms with E-state index in [4.69, 9.17) is 9.47 Å². The Kier molecular flexibility index (Phi) is 6.10. The first-order valence-corrected chi connectivity index (χ1v) is 11.9. The van der Waals surface area contributed by atoms with Crippen molar-refractivity contribution < 1.29 is 24.2 Å². The summed E-state index contributed by atoms with van der Waals surface area (Å²) in [5, 5.41) is 13.2. The number of nitrogens with zero attached hydrogens (tertiary/aromatic N) is 2. The topological polar surface area (TPSA) is 117 Å². The predicted molar refractivity (Wildman–Crippen MR) is 131 cm³/mol. The van der Waals surface area contributed by atoms with Gasteiger partial charge in [-0.15, -0.1) is 0 Å². The Bertz CT molecular complexity index is 1280. The summed E-state index contributed by atoms with van der Waals surface area (Å²) in [5.74, 6) is 1.59. The number of pyridine rings is 1. The number of nitrogens with one attached hydrogen (secondary N) is 2. The molecular weight excluding hydrogens is 448 g/mol. The van der Waals surface area contributed by atoms with Gasteiger partial charge >= 0.3 is 0 Å². The minimum atomic E-state index is -0.820. The van der Waals surface area contributed by atoms with E-state index in [1.165, 1.54) is 24.7 Å². The first kappa shape index (κ1) is 23.2. The molecule has 35 heavy (non-hydrogen) atoms. The smallest absolute Gasteiger partial charge is 0.255 e. The summed E-state index contributed by atoms with van der Waals surface area (Å²) in [6.45, 7) is 4.42. The van der Waals surface area contributed by atoms with E-state index in [-0.39, 0.29) is 24.9 Å². The SMILES string of the molecule is COc1ccc(OCC2CC2)c(-c2ccnc3c(C(=O)NC4CN(C(C)=O)CC4O)c(C)[nH]c23)c1. The maximum atomic E-state index is 13.3. The van der Waals surface area contributed by atoms with Gasteiger partial charge in [0, 0.05) is 43.0 Å². The molecule has 2 aromatic heterocycles. The lowest BCUT2D eigenvalue weighted by atomic mass is 10.0. The molecule has 3 heterocycles. The maximum Gasteiger partial charge on any atom is 0.255 e. The molecule has 0 spiro atoms. The maximum absolute atomic E-state index is 13.3. The zero-order chi connectivity index (χ0) is 24.7. The first-order chi connectivity index (χ1) is 16.9. The van der Waals surface area contributed by atoms with Crippen molar-refractivity contribution in [1.82, 2.24) is 20.2 Å². The highest BCUT2D eigenvalue weighted by atomic mass is 16.5. The van der Waals surface area contributed by atoms with E-state index in [2.05, 4.69) is 15.3 Å². The molecule has 9 nitrogen and oxygen atoms in total. The third kappa shape index (κ3) is 4.55. The van der Waals surface area contributed by atoms with Crippen LogP contribution in [0.3, 0.4) is 0 Å². The summed E-state index contributed by atoms with van der Waals surface area (Å²) in [5.41, 5.74) is 4.04. The zero-order valence-corrected chi connectivity index (χ0v) is 20.1. The molecule has 1 aliphatic carbocycles. The monoisotopic (exact) mass is 478 g/mol. The van der Waals surface area contributed by atoms with E-state index in [1.54, 1.807) is 13.3 Å². The van der Waals surface area contributed by atoms with Crippen LogP contribution in [0.4, 0.5) is 0 Å². The second-order valence-corrected chi connectivity index (χ2v) is 9.39. The average molecular weight is 479 g/mol. The Balaban J connectivity index is 1.49. The number of carbonyl (C=O) groups is 2. The molecule has 0 bridgehead atoms. The summed E-state index contributed by atoms with van der Waals surface area (Å²) in [7, 11) is 1.62. The molecule has 9 heteroatoms. The number of methoxy groups -OCH3 is 1. The molecule has 1 saturated carbocycles. The van der Waals surface area contributed by atoms with Crippen molar-refractivity contribution >= 4 is 22.8 Å². The van der Waals surface area contributed by atoms with Crippen molar-refractivity contribution in [1.29, 1.82) is 0 Å². The summed E-state index contributed by atoms with van der Waals surface area (Å²) in [6, 6.07) is 7.07. The summed E-state index contributed by atoms with van der Waals surface area (Å²) < 4.78 is 11.6. The van der Waals surface area contributed by atoms with Gasteiger partial charge in [-0.25, -0.2) is 0 Å². The summed E-state index contributed by atoms with van der Waals surface area (Å²) in [6.07, 6.45) is 3.24. The van der Waals surface area contributed by atoms with Crippen LogP contribution in [-0.2, 0) is 4.79 Å². The minimum absolute atomic E-state index is 0.131. The number of fused-ring (bicyclic) bond motifs is 1. The van der Waals surface area contributed by atoms with Gasteiger partial charge in [-0.3, -0.25) is 14.6 Å². The van der Waals surface area contributed by atoms with Gasteiger partial charge in [0.25, 0.3) is 5.91 Å². The van der Waals surface area contributed by atoms with Crippen molar-refractivity contribution in [2.75, 3.05) is 26.8 Å². The highest BCUT2D eigenvalue weighted by molar-refractivity contribution is 6.10. The second-order valence-electron chi connectivity index (χ2n) is 9.39. The number of H-pyrrole nitrogens is 1. The fourth-order valence-electron chi connectivity index (χ4n) is 4.60. The Morgan fingerprint density at radius 2 is 2.03 bits per heavy atom.